The lowest BCUT2D eigenvalue weighted by Gasteiger charge is -2.12. The van der Waals surface area contributed by atoms with E-state index < -0.39 is 25.2 Å². The van der Waals surface area contributed by atoms with Gasteiger partial charge in [-0.15, -0.1) is 11.3 Å². The van der Waals surface area contributed by atoms with E-state index in [0.717, 1.165) is 0 Å². The highest BCUT2D eigenvalue weighted by Gasteiger charge is 2.20. The summed E-state index contributed by atoms with van der Waals surface area (Å²) < 4.78 is 0. The van der Waals surface area contributed by atoms with E-state index in [-0.39, 0.29) is 29.3 Å². The number of primary amides is 1. The highest BCUT2D eigenvalue weighted by Crippen LogP contribution is 2.31. The number of hydrogen-bond acceptors (Lipinski definition) is 7. The average Bonchev–Trinajstić information content (AvgIpc) is 3.21. The molecular weight excluding hydrogens is 465 g/mol. The van der Waals surface area contributed by atoms with Crippen molar-refractivity contribution in [2.75, 3.05) is 5.32 Å². The number of rotatable bonds is 7. The summed E-state index contributed by atoms with van der Waals surface area (Å²) in [6, 6.07) is 4.60. The molecule has 12 heteroatoms. The van der Waals surface area contributed by atoms with Crippen molar-refractivity contribution in [3.63, 3.8) is 0 Å². The van der Waals surface area contributed by atoms with Gasteiger partial charge in [-0.25, -0.2) is 14.8 Å². The number of thiophene rings is 1. The van der Waals surface area contributed by atoms with E-state index in [0.29, 0.717) is 26.9 Å². The van der Waals surface area contributed by atoms with E-state index in [4.69, 9.17) is 28.9 Å². The maximum absolute atomic E-state index is 12.4. The zero-order valence-corrected chi connectivity index (χ0v) is 18.2. The number of nitrogens with two attached hydrogens (primary N) is 1. The third-order valence-corrected chi connectivity index (χ3v) is 5.86. The minimum absolute atomic E-state index is 0.0552. The highest BCUT2D eigenvalue weighted by molar-refractivity contribution is 7.08. The van der Waals surface area contributed by atoms with Crippen LogP contribution in [0.15, 0.2) is 29.0 Å². The summed E-state index contributed by atoms with van der Waals surface area (Å²) in [5.74, 6) is -0.798. The smallest absolute Gasteiger partial charge is 0.319 e. The Labute approximate surface area is 190 Å². The summed E-state index contributed by atoms with van der Waals surface area (Å²) >= 11 is 13.4. The molecule has 0 saturated heterocycles. The van der Waals surface area contributed by atoms with Crippen molar-refractivity contribution in [3.8, 4) is 11.4 Å². The molecule has 0 spiro atoms. The summed E-state index contributed by atoms with van der Waals surface area (Å²) in [6.45, 7) is -0.940. The molecule has 3 rings (SSSR count). The van der Waals surface area contributed by atoms with Crippen molar-refractivity contribution >= 4 is 52.2 Å². The molecule has 1 aromatic carbocycles. The number of nitrogens with one attached hydrogen (secondary N) is 2. The molecule has 9 nitrogen and oxygen atoms in total. The second-order valence-corrected chi connectivity index (χ2v) is 7.75. The fourth-order valence-electron chi connectivity index (χ4n) is 2.75. The van der Waals surface area contributed by atoms with Gasteiger partial charge in [0, 0.05) is 22.9 Å². The Morgan fingerprint density at radius 1 is 1.13 bits per heavy atom. The van der Waals surface area contributed by atoms with Gasteiger partial charge in [-0.05, 0) is 11.6 Å². The Morgan fingerprint density at radius 2 is 1.90 bits per heavy atom. The highest BCUT2D eigenvalue weighted by atomic mass is 35.5. The summed E-state index contributed by atoms with van der Waals surface area (Å²) in [7, 11) is 0. The monoisotopic (exact) mass is 481 g/mol. The number of benzene rings is 1. The summed E-state index contributed by atoms with van der Waals surface area (Å²) in [6.07, 6.45) is 0. The molecule has 0 aliphatic rings. The second-order valence-electron chi connectivity index (χ2n) is 6.22. The number of nitrogens with zero attached hydrogens (tertiary/aromatic N) is 2. The van der Waals surface area contributed by atoms with Crippen LogP contribution < -0.4 is 16.4 Å². The van der Waals surface area contributed by atoms with Crippen LogP contribution in [-0.2, 0) is 19.8 Å². The molecule has 0 saturated carbocycles. The van der Waals surface area contributed by atoms with Gasteiger partial charge in [-0.1, -0.05) is 35.3 Å². The van der Waals surface area contributed by atoms with Crippen molar-refractivity contribution in [1.82, 2.24) is 15.3 Å². The zero-order valence-electron chi connectivity index (χ0n) is 15.9. The fraction of sp³-hybridized carbons (Fsp3) is 0.158. The first kappa shape index (κ1) is 22.9. The minimum atomic E-state index is -0.872. The summed E-state index contributed by atoms with van der Waals surface area (Å²) in [4.78, 5) is 32.5. The second kappa shape index (κ2) is 10.0. The van der Waals surface area contributed by atoms with Crippen molar-refractivity contribution in [2.24, 2.45) is 5.73 Å². The predicted molar refractivity (Wildman–Crippen MR) is 118 cm³/mol. The van der Waals surface area contributed by atoms with E-state index in [2.05, 4.69) is 20.6 Å². The third kappa shape index (κ3) is 5.12. The molecular formula is C19H17Cl2N5O4S. The quantitative estimate of drug-likeness (QED) is 0.349. The molecule has 0 unspecified atom stereocenters. The Bertz CT molecular complexity index is 1140. The fourth-order valence-corrected chi connectivity index (χ4v) is 3.89. The maximum Gasteiger partial charge on any atom is 0.319 e. The number of amides is 3. The van der Waals surface area contributed by atoms with Gasteiger partial charge in [-0.2, -0.15) is 0 Å². The molecule has 162 valence electrons. The van der Waals surface area contributed by atoms with Gasteiger partial charge in [0.25, 0.3) is 5.91 Å². The number of hydrogen-bond donors (Lipinski definition) is 5. The van der Waals surface area contributed by atoms with Crippen molar-refractivity contribution in [3.05, 3.63) is 61.5 Å². The van der Waals surface area contributed by atoms with Crippen molar-refractivity contribution in [1.29, 1.82) is 0 Å². The Kier molecular flexibility index (Phi) is 7.42. The molecule has 2 aromatic heterocycles. The molecule has 0 aliphatic carbocycles. The molecule has 0 aliphatic heterocycles. The first-order valence-electron chi connectivity index (χ1n) is 8.81. The van der Waals surface area contributed by atoms with Crippen LogP contribution in [0.4, 0.5) is 10.5 Å². The summed E-state index contributed by atoms with van der Waals surface area (Å²) in [5.41, 5.74) is 6.73. The van der Waals surface area contributed by atoms with Crippen LogP contribution in [0.2, 0.25) is 10.0 Å². The molecule has 0 bridgehead atoms. The number of aliphatic hydroxyl groups is 2. The molecule has 31 heavy (non-hydrogen) atoms. The lowest BCUT2D eigenvalue weighted by molar-refractivity contribution is 0.0991. The Morgan fingerprint density at radius 3 is 2.58 bits per heavy atom. The van der Waals surface area contributed by atoms with Crippen molar-refractivity contribution < 1.29 is 19.8 Å². The van der Waals surface area contributed by atoms with E-state index in [1.54, 1.807) is 29.0 Å². The van der Waals surface area contributed by atoms with E-state index in [1.165, 1.54) is 11.3 Å². The maximum atomic E-state index is 12.4. The first-order chi connectivity index (χ1) is 14.8. The van der Waals surface area contributed by atoms with Crippen LogP contribution in [0.25, 0.3) is 11.4 Å². The lowest BCUT2D eigenvalue weighted by atomic mass is 10.1. The van der Waals surface area contributed by atoms with Gasteiger partial charge in [0.05, 0.1) is 40.2 Å². The number of aliphatic hydroxyl groups excluding tert-OH is 2. The van der Waals surface area contributed by atoms with Crippen molar-refractivity contribution in [2.45, 2.75) is 19.8 Å². The number of urea groups is 1. The topological polar surface area (TPSA) is 150 Å². The molecule has 0 atom stereocenters. The SMILES string of the molecule is NC(=O)c1nc(-c2cscc2NC(=O)NCc2cccc(Cl)c2Cl)nc(CO)c1CO. The minimum Gasteiger partial charge on any atom is -0.392 e. The number of anilines is 1. The molecule has 0 fully saturated rings. The summed E-state index contributed by atoms with van der Waals surface area (Å²) in [5, 5.41) is 28.5. The molecule has 2 heterocycles. The number of halogens is 2. The molecule has 3 amide bonds. The molecule has 0 radical (unpaired) electrons. The lowest BCUT2D eigenvalue weighted by Crippen LogP contribution is -2.28. The van der Waals surface area contributed by atoms with E-state index in [9.17, 15) is 19.8 Å². The number of carbonyl (C=O) groups excluding carboxylic acids is 2. The zero-order chi connectivity index (χ0) is 22.5. The average molecular weight is 482 g/mol. The Balaban J connectivity index is 1.82. The van der Waals surface area contributed by atoms with Gasteiger partial charge >= 0.3 is 6.03 Å². The third-order valence-electron chi connectivity index (χ3n) is 4.26. The van der Waals surface area contributed by atoms with Gasteiger partial charge in [-0.3, -0.25) is 4.79 Å². The van der Waals surface area contributed by atoms with Crippen LogP contribution in [0.1, 0.15) is 27.3 Å². The first-order valence-corrected chi connectivity index (χ1v) is 10.5. The van der Waals surface area contributed by atoms with Gasteiger partial charge in [0.15, 0.2) is 5.82 Å². The largest absolute Gasteiger partial charge is 0.392 e. The van der Waals surface area contributed by atoms with Gasteiger partial charge < -0.3 is 26.6 Å². The Hall–Kier alpha value is -2.76. The van der Waals surface area contributed by atoms with E-state index in [1.807, 2.05) is 0 Å². The standard InChI is InChI=1S/C19H17Cl2N5O4S/c20-12-3-1-2-9(15(12)21)4-23-19(30)25-14-8-31-7-11(14)18-24-13(6-28)10(5-27)16(26-18)17(22)29/h1-3,7-8,27-28H,4-6H2,(H2,22,29)(H2,23,25,30). The molecule has 6 N–H and O–H groups in total. The van der Waals surface area contributed by atoms with E-state index >= 15 is 0 Å². The number of carbonyl (C=O) groups is 2. The number of aromatic nitrogens is 2. The van der Waals surface area contributed by atoms with Crippen LogP contribution in [0, 0.1) is 0 Å². The van der Waals surface area contributed by atoms with Gasteiger partial charge in [0.1, 0.15) is 5.69 Å². The van der Waals surface area contributed by atoms with Crippen LogP contribution in [0.5, 0.6) is 0 Å². The van der Waals surface area contributed by atoms with Crippen LogP contribution >= 0.6 is 34.5 Å². The van der Waals surface area contributed by atoms with Crippen LogP contribution in [0.3, 0.4) is 0 Å². The van der Waals surface area contributed by atoms with Gasteiger partial charge in [0.2, 0.25) is 0 Å². The van der Waals surface area contributed by atoms with Crippen LogP contribution in [-0.4, -0.2) is 32.1 Å². The molecule has 3 aromatic rings. The predicted octanol–water partition coefficient (Wildman–Crippen LogP) is 2.92. The normalized spacial score (nSPS) is 10.7.